The minimum atomic E-state index is -0.288. The number of rotatable bonds is 6. The maximum absolute atomic E-state index is 12.1. The first kappa shape index (κ1) is 17.1. The van der Waals surface area contributed by atoms with E-state index in [1.807, 2.05) is 31.2 Å². The van der Waals surface area contributed by atoms with Crippen LogP contribution in [0.2, 0.25) is 0 Å². The van der Waals surface area contributed by atoms with E-state index in [2.05, 4.69) is 10.6 Å². The molecule has 126 valence electrons. The Kier molecular flexibility index (Phi) is 5.81. The summed E-state index contributed by atoms with van der Waals surface area (Å²) in [5.74, 6) is 0.729. The summed E-state index contributed by atoms with van der Waals surface area (Å²) < 4.78 is 10.1. The van der Waals surface area contributed by atoms with E-state index >= 15 is 0 Å². The van der Waals surface area contributed by atoms with Crippen LogP contribution >= 0.6 is 0 Å². The monoisotopic (exact) mass is 321 g/mol. The average molecular weight is 321 g/mol. The van der Waals surface area contributed by atoms with Crippen LogP contribution in [0.1, 0.15) is 13.3 Å². The van der Waals surface area contributed by atoms with Crippen LogP contribution in [0.4, 0.5) is 10.5 Å². The highest BCUT2D eigenvalue weighted by atomic mass is 16.5. The van der Waals surface area contributed by atoms with Gasteiger partial charge in [-0.3, -0.25) is 4.79 Å². The minimum absolute atomic E-state index is 0.00888. The fraction of sp³-hybridized carbons (Fsp3) is 0.500. The lowest BCUT2D eigenvalue weighted by Gasteiger charge is -2.19. The largest absolute Gasteiger partial charge is 0.497 e. The summed E-state index contributed by atoms with van der Waals surface area (Å²) in [4.78, 5) is 25.7. The van der Waals surface area contributed by atoms with Gasteiger partial charge in [-0.1, -0.05) is 0 Å². The molecule has 0 radical (unpaired) electrons. The first-order valence-electron chi connectivity index (χ1n) is 7.54. The molecule has 2 N–H and O–H groups in total. The molecule has 7 nitrogen and oxygen atoms in total. The number of carbonyl (C=O) groups excluding carboxylic acids is 2. The van der Waals surface area contributed by atoms with Gasteiger partial charge in [0.2, 0.25) is 5.91 Å². The molecule has 1 heterocycles. The molecule has 1 aliphatic heterocycles. The Balaban J connectivity index is 1.90. The molecule has 1 aromatic carbocycles. The Morgan fingerprint density at radius 2 is 2.04 bits per heavy atom. The third-order valence-electron chi connectivity index (χ3n) is 3.64. The van der Waals surface area contributed by atoms with Crippen LogP contribution < -0.4 is 20.3 Å². The molecule has 0 aliphatic carbocycles. The summed E-state index contributed by atoms with van der Waals surface area (Å²) in [5.41, 5.74) is 0.799. The van der Waals surface area contributed by atoms with Crippen molar-refractivity contribution in [2.75, 3.05) is 32.3 Å². The van der Waals surface area contributed by atoms with Gasteiger partial charge in [-0.25, -0.2) is 4.79 Å². The molecule has 1 aromatic rings. The highest BCUT2D eigenvalue weighted by Crippen LogP contribution is 2.24. The number of benzene rings is 1. The van der Waals surface area contributed by atoms with E-state index in [0.717, 1.165) is 11.4 Å². The van der Waals surface area contributed by atoms with Crippen molar-refractivity contribution in [3.05, 3.63) is 24.3 Å². The van der Waals surface area contributed by atoms with Gasteiger partial charge in [0.15, 0.2) is 0 Å². The van der Waals surface area contributed by atoms with Gasteiger partial charge in [0.1, 0.15) is 5.75 Å². The van der Waals surface area contributed by atoms with Crippen LogP contribution in [0, 0.1) is 0 Å². The van der Waals surface area contributed by atoms with Crippen molar-refractivity contribution in [1.82, 2.24) is 10.6 Å². The van der Waals surface area contributed by atoms with Crippen molar-refractivity contribution in [2.24, 2.45) is 0 Å². The molecule has 0 aromatic heterocycles. The molecule has 1 aliphatic rings. The third-order valence-corrected chi connectivity index (χ3v) is 3.64. The number of hydrogen-bond acceptors (Lipinski definition) is 4. The lowest BCUT2D eigenvalue weighted by Crippen LogP contribution is -2.47. The quantitative estimate of drug-likeness (QED) is 0.823. The van der Waals surface area contributed by atoms with Gasteiger partial charge in [-0.15, -0.1) is 0 Å². The van der Waals surface area contributed by atoms with Crippen molar-refractivity contribution in [1.29, 1.82) is 0 Å². The third kappa shape index (κ3) is 4.59. The first-order valence-corrected chi connectivity index (χ1v) is 7.54. The van der Waals surface area contributed by atoms with Gasteiger partial charge >= 0.3 is 6.03 Å². The molecule has 0 spiro atoms. The van der Waals surface area contributed by atoms with Crippen molar-refractivity contribution in [3.8, 4) is 5.75 Å². The van der Waals surface area contributed by atoms with Crippen molar-refractivity contribution in [3.63, 3.8) is 0 Å². The summed E-state index contributed by atoms with van der Waals surface area (Å²) in [6, 6.07) is 6.70. The Labute approximate surface area is 135 Å². The molecular formula is C16H23N3O4. The van der Waals surface area contributed by atoms with Crippen molar-refractivity contribution < 1.29 is 19.1 Å². The van der Waals surface area contributed by atoms with E-state index in [1.54, 1.807) is 19.1 Å². The predicted octanol–water partition coefficient (Wildman–Crippen LogP) is 1.13. The number of nitrogens with one attached hydrogen (secondary N) is 2. The lowest BCUT2D eigenvalue weighted by atomic mass is 10.2. The van der Waals surface area contributed by atoms with Gasteiger partial charge in [0, 0.05) is 25.8 Å². The zero-order valence-electron chi connectivity index (χ0n) is 13.7. The van der Waals surface area contributed by atoms with Gasteiger partial charge in [0.05, 0.1) is 25.8 Å². The predicted molar refractivity (Wildman–Crippen MR) is 86.8 cm³/mol. The maximum atomic E-state index is 12.1. The fourth-order valence-corrected chi connectivity index (χ4v) is 2.56. The van der Waals surface area contributed by atoms with Gasteiger partial charge in [-0.05, 0) is 31.2 Å². The van der Waals surface area contributed by atoms with Crippen LogP contribution in [0.25, 0.3) is 0 Å². The molecule has 0 bridgehead atoms. The number of methoxy groups -OCH3 is 2. The molecule has 23 heavy (non-hydrogen) atoms. The number of ether oxygens (including phenoxy) is 2. The second-order valence-corrected chi connectivity index (χ2v) is 5.58. The maximum Gasteiger partial charge on any atom is 0.315 e. The Bertz CT molecular complexity index is 547. The zero-order chi connectivity index (χ0) is 16.8. The van der Waals surface area contributed by atoms with Crippen molar-refractivity contribution in [2.45, 2.75) is 25.4 Å². The van der Waals surface area contributed by atoms with E-state index in [4.69, 9.17) is 9.47 Å². The van der Waals surface area contributed by atoms with Crippen LogP contribution in [-0.2, 0) is 9.53 Å². The zero-order valence-corrected chi connectivity index (χ0v) is 13.7. The number of nitrogens with zero attached hydrogens (tertiary/aromatic N) is 1. The van der Waals surface area contributed by atoms with Crippen LogP contribution in [0.15, 0.2) is 24.3 Å². The van der Waals surface area contributed by atoms with E-state index < -0.39 is 0 Å². The average Bonchev–Trinajstić information content (AvgIpc) is 2.87. The number of carbonyl (C=O) groups is 2. The van der Waals surface area contributed by atoms with E-state index in [1.165, 1.54) is 0 Å². The number of urea groups is 1. The number of anilines is 1. The molecule has 0 saturated carbocycles. The van der Waals surface area contributed by atoms with E-state index in [-0.39, 0.29) is 30.4 Å². The molecule has 7 heteroatoms. The molecule has 0 unspecified atom stereocenters. The number of hydrogen-bond donors (Lipinski definition) is 2. The summed E-state index contributed by atoms with van der Waals surface area (Å²) >= 11 is 0. The van der Waals surface area contributed by atoms with Crippen LogP contribution in [0.5, 0.6) is 5.75 Å². The Hall–Kier alpha value is -2.28. The molecule has 2 rings (SSSR count). The summed E-state index contributed by atoms with van der Waals surface area (Å²) in [7, 11) is 3.18. The summed E-state index contributed by atoms with van der Waals surface area (Å²) in [6.07, 6.45) is 0.290. The highest BCUT2D eigenvalue weighted by molar-refractivity contribution is 5.96. The van der Waals surface area contributed by atoms with Gasteiger partial charge in [-0.2, -0.15) is 0 Å². The Morgan fingerprint density at radius 1 is 1.35 bits per heavy atom. The van der Waals surface area contributed by atoms with Gasteiger partial charge < -0.3 is 25.0 Å². The van der Waals surface area contributed by atoms with Gasteiger partial charge in [0.25, 0.3) is 0 Å². The first-order chi connectivity index (χ1) is 11.0. The molecule has 1 saturated heterocycles. The lowest BCUT2D eigenvalue weighted by molar-refractivity contribution is -0.117. The molecule has 3 amide bonds. The normalized spacial score (nSPS) is 18.7. The molecular weight excluding hydrogens is 298 g/mol. The summed E-state index contributed by atoms with van der Waals surface area (Å²) in [6.45, 7) is 2.75. The fourth-order valence-electron chi connectivity index (χ4n) is 2.56. The standard InChI is InChI=1S/C16H23N3O4/c1-11(10-22-2)17-16(21)18-12-8-15(20)19(9-12)13-4-6-14(23-3)7-5-13/h4-7,11-12H,8-10H2,1-3H3,(H2,17,18,21)/t11-,12-/m1/s1. The second kappa shape index (κ2) is 7.82. The van der Waals surface area contributed by atoms with Crippen LogP contribution in [-0.4, -0.2) is 51.4 Å². The minimum Gasteiger partial charge on any atom is -0.497 e. The number of amides is 3. The SMILES string of the molecule is COC[C@@H](C)NC(=O)N[C@@H]1CC(=O)N(c2ccc(OC)cc2)C1. The van der Waals surface area contributed by atoms with E-state index in [9.17, 15) is 9.59 Å². The summed E-state index contributed by atoms with van der Waals surface area (Å²) in [5, 5.41) is 5.60. The van der Waals surface area contributed by atoms with Crippen molar-refractivity contribution >= 4 is 17.6 Å². The molecule has 2 atom stereocenters. The topological polar surface area (TPSA) is 79.9 Å². The van der Waals surface area contributed by atoms with Crippen LogP contribution in [0.3, 0.4) is 0 Å². The van der Waals surface area contributed by atoms with E-state index in [0.29, 0.717) is 13.2 Å². The Morgan fingerprint density at radius 3 is 2.65 bits per heavy atom. The molecule has 1 fully saturated rings. The second-order valence-electron chi connectivity index (χ2n) is 5.58. The highest BCUT2D eigenvalue weighted by Gasteiger charge is 2.31. The smallest absolute Gasteiger partial charge is 0.315 e.